The summed E-state index contributed by atoms with van der Waals surface area (Å²) in [4.78, 5) is 12.3. The van der Waals surface area contributed by atoms with Crippen LogP contribution in [0.25, 0.3) is 0 Å². The molecule has 3 heterocycles. The highest BCUT2D eigenvalue weighted by atomic mass is 16.5. The maximum atomic E-state index is 12.3. The smallest absolute Gasteiger partial charge is 0.250 e. The predicted molar refractivity (Wildman–Crippen MR) is 76.3 cm³/mol. The molecule has 21 heavy (non-hydrogen) atoms. The minimum atomic E-state index is -0.124. The van der Waals surface area contributed by atoms with Crippen molar-refractivity contribution in [2.75, 3.05) is 13.2 Å². The SMILES string of the molecule is Cn1cc([C@H]2OCCC[C@@H]2NC(=O)C2=COCCC2)cn1. The molecule has 1 aromatic heterocycles. The van der Waals surface area contributed by atoms with Gasteiger partial charge in [0.15, 0.2) is 0 Å². The number of hydrogen-bond donors (Lipinski definition) is 1. The number of nitrogens with one attached hydrogen (secondary N) is 1. The molecule has 0 unspecified atom stereocenters. The third-order valence-corrected chi connectivity index (χ3v) is 3.92. The minimum Gasteiger partial charge on any atom is -0.501 e. The van der Waals surface area contributed by atoms with Gasteiger partial charge in [0.05, 0.1) is 30.7 Å². The molecule has 1 amide bonds. The van der Waals surface area contributed by atoms with E-state index < -0.39 is 0 Å². The molecule has 1 N–H and O–H groups in total. The Morgan fingerprint density at radius 2 is 2.33 bits per heavy atom. The van der Waals surface area contributed by atoms with E-state index in [0.717, 1.165) is 43.4 Å². The molecule has 0 bridgehead atoms. The molecule has 0 saturated carbocycles. The summed E-state index contributed by atoms with van der Waals surface area (Å²) in [6.07, 6.45) is 8.75. The van der Waals surface area contributed by atoms with Gasteiger partial charge in [0, 0.05) is 25.4 Å². The van der Waals surface area contributed by atoms with Gasteiger partial charge in [-0.3, -0.25) is 9.48 Å². The maximum absolute atomic E-state index is 12.3. The van der Waals surface area contributed by atoms with Crippen molar-refractivity contribution in [2.45, 2.75) is 37.8 Å². The van der Waals surface area contributed by atoms with Crippen LogP contribution in [0.2, 0.25) is 0 Å². The molecule has 0 spiro atoms. The first kappa shape index (κ1) is 14.1. The zero-order valence-corrected chi connectivity index (χ0v) is 12.2. The highest BCUT2D eigenvalue weighted by molar-refractivity contribution is 5.93. The van der Waals surface area contributed by atoms with E-state index in [1.54, 1.807) is 17.1 Å². The molecule has 0 radical (unpaired) electrons. The van der Waals surface area contributed by atoms with Crippen molar-refractivity contribution in [3.05, 3.63) is 29.8 Å². The molecule has 0 aromatic carbocycles. The van der Waals surface area contributed by atoms with Crippen molar-refractivity contribution >= 4 is 5.91 Å². The fourth-order valence-corrected chi connectivity index (χ4v) is 2.84. The van der Waals surface area contributed by atoms with Crippen LogP contribution in [-0.2, 0) is 21.3 Å². The van der Waals surface area contributed by atoms with Crippen LogP contribution >= 0.6 is 0 Å². The van der Waals surface area contributed by atoms with Crippen molar-refractivity contribution in [3.63, 3.8) is 0 Å². The Bertz CT molecular complexity index is 538. The van der Waals surface area contributed by atoms with Crippen molar-refractivity contribution in [1.29, 1.82) is 0 Å². The number of aryl methyl sites for hydroxylation is 1. The topological polar surface area (TPSA) is 65.4 Å². The van der Waals surface area contributed by atoms with Gasteiger partial charge < -0.3 is 14.8 Å². The molecule has 2 atom stereocenters. The van der Waals surface area contributed by atoms with Gasteiger partial charge in [-0.05, 0) is 25.7 Å². The summed E-state index contributed by atoms with van der Waals surface area (Å²) in [7, 11) is 1.88. The third kappa shape index (κ3) is 3.26. The van der Waals surface area contributed by atoms with E-state index >= 15 is 0 Å². The molecule has 2 aliphatic rings. The van der Waals surface area contributed by atoms with Gasteiger partial charge >= 0.3 is 0 Å². The van der Waals surface area contributed by atoms with Gasteiger partial charge in [0.25, 0.3) is 5.91 Å². The predicted octanol–water partition coefficient (Wildman–Crippen LogP) is 1.45. The number of hydrogen-bond acceptors (Lipinski definition) is 4. The zero-order chi connectivity index (χ0) is 14.7. The van der Waals surface area contributed by atoms with Gasteiger partial charge in [0.1, 0.15) is 6.10 Å². The average Bonchev–Trinajstić information content (AvgIpc) is 2.95. The second-order valence-corrected chi connectivity index (χ2v) is 5.58. The van der Waals surface area contributed by atoms with Crippen LogP contribution in [0.5, 0.6) is 0 Å². The minimum absolute atomic E-state index is 0.0155. The number of aromatic nitrogens is 2. The molecule has 0 aliphatic carbocycles. The monoisotopic (exact) mass is 291 g/mol. The van der Waals surface area contributed by atoms with Crippen molar-refractivity contribution in [1.82, 2.24) is 15.1 Å². The average molecular weight is 291 g/mol. The molecule has 114 valence electrons. The molecule has 2 aliphatic heterocycles. The van der Waals surface area contributed by atoms with E-state index in [9.17, 15) is 4.79 Å². The number of nitrogens with zero attached hydrogens (tertiary/aromatic N) is 2. The molecular formula is C15H21N3O3. The van der Waals surface area contributed by atoms with Crippen LogP contribution in [0, 0.1) is 0 Å². The first-order valence-corrected chi connectivity index (χ1v) is 7.46. The molecule has 1 aromatic rings. The van der Waals surface area contributed by atoms with E-state index in [-0.39, 0.29) is 18.1 Å². The van der Waals surface area contributed by atoms with E-state index in [0.29, 0.717) is 6.61 Å². The lowest BCUT2D eigenvalue weighted by Gasteiger charge is -2.32. The normalized spacial score (nSPS) is 25.9. The Balaban J connectivity index is 1.69. The largest absolute Gasteiger partial charge is 0.501 e. The second kappa shape index (κ2) is 6.30. The summed E-state index contributed by atoms with van der Waals surface area (Å²) >= 11 is 0. The number of carbonyl (C=O) groups excluding carboxylic acids is 1. The highest BCUT2D eigenvalue weighted by Crippen LogP contribution is 2.28. The lowest BCUT2D eigenvalue weighted by molar-refractivity contribution is -0.121. The Morgan fingerprint density at radius 3 is 3.05 bits per heavy atom. The first-order chi connectivity index (χ1) is 10.2. The molecular weight excluding hydrogens is 270 g/mol. The second-order valence-electron chi connectivity index (χ2n) is 5.58. The zero-order valence-electron chi connectivity index (χ0n) is 12.2. The van der Waals surface area contributed by atoms with Crippen LogP contribution in [0.15, 0.2) is 24.2 Å². The maximum Gasteiger partial charge on any atom is 0.250 e. The van der Waals surface area contributed by atoms with Gasteiger partial charge in [0.2, 0.25) is 0 Å². The molecule has 1 fully saturated rings. The highest BCUT2D eigenvalue weighted by Gasteiger charge is 2.30. The summed E-state index contributed by atoms with van der Waals surface area (Å²) in [6.45, 7) is 1.42. The van der Waals surface area contributed by atoms with Crippen LogP contribution in [0.4, 0.5) is 0 Å². The number of carbonyl (C=O) groups is 1. The van der Waals surface area contributed by atoms with Crippen molar-refractivity contribution < 1.29 is 14.3 Å². The Kier molecular flexibility index (Phi) is 4.24. The van der Waals surface area contributed by atoms with Crippen LogP contribution in [-0.4, -0.2) is 34.9 Å². The Labute approximate surface area is 124 Å². The number of rotatable bonds is 3. The van der Waals surface area contributed by atoms with E-state index in [4.69, 9.17) is 9.47 Å². The number of amides is 1. The quantitative estimate of drug-likeness (QED) is 0.915. The van der Waals surface area contributed by atoms with Gasteiger partial charge in [-0.25, -0.2) is 0 Å². The summed E-state index contributed by atoms with van der Waals surface area (Å²) < 4.78 is 12.9. The summed E-state index contributed by atoms with van der Waals surface area (Å²) in [5, 5.41) is 7.28. The third-order valence-electron chi connectivity index (χ3n) is 3.92. The first-order valence-electron chi connectivity index (χ1n) is 7.46. The number of ether oxygens (including phenoxy) is 2. The van der Waals surface area contributed by atoms with Crippen molar-refractivity contribution in [3.8, 4) is 0 Å². The summed E-state index contributed by atoms with van der Waals surface area (Å²) in [5.41, 5.74) is 1.73. The molecule has 6 heteroatoms. The van der Waals surface area contributed by atoms with Gasteiger partial charge in [-0.1, -0.05) is 0 Å². The lowest BCUT2D eigenvalue weighted by atomic mass is 9.97. The fraction of sp³-hybridized carbons (Fsp3) is 0.600. The lowest BCUT2D eigenvalue weighted by Crippen LogP contribution is -2.43. The van der Waals surface area contributed by atoms with E-state index in [1.165, 1.54) is 0 Å². The van der Waals surface area contributed by atoms with Gasteiger partial charge in [-0.2, -0.15) is 5.10 Å². The van der Waals surface area contributed by atoms with Gasteiger partial charge in [-0.15, -0.1) is 0 Å². The van der Waals surface area contributed by atoms with Crippen LogP contribution in [0.1, 0.15) is 37.4 Å². The Morgan fingerprint density at radius 1 is 1.43 bits per heavy atom. The Hall–Kier alpha value is -1.82. The van der Waals surface area contributed by atoms with Crippen molar-refractivity contribution in [2.24, 2.45) is 7.05 Å². The molecule has 1 saturated heterocycles. The fourth-order valence-electron chi connectivity index (χ4n) is 2.84. The van der Waals surface area contributed by atoms with E-state index in [2.05, 4.69) is 10.4 Å². The van der Waals surface area contributed by atoms with Crippen LogP contribution in [0.3, 0.4) is 0 Å². The van der Waals surface area contributed by atoms with E-state index in [1.807, 2.05) is 13.2 Å². The van der Waals surface area contributed by atoms with Crippen LogP contribution < -0.4 is 5.32 Å². The molecule has 6 nitrogen and oxygen atoms in total. The standard InChI is InChI=1S/C15H21N3O3/c1-18-9-12(8-16-18)14-13(5-3-7-21-14)17-15(19)11-4-2-6-20-10-11/h8-10,13-14H,2-7H2,1H3,(H,17,19)/t13-,14+/m0/s1. The summed E-state index contributed by atoms with van der Waals surface area (Å²) in [5.74, 6) is -0.0425. The molecule has 3 rings (SSSR count). The summed E-state index contributed by atoms with van der Waals surface area (Å²) in [6, 6.07) is -0.0155.